The molecule has 1 aliphatic heterocycles. The second kappa shape index (κ2) is 6.40. The summed E-state index contributed by atoms with van der Waals surface area (Å²) in [4.78, 5) is 14.6. The van der Waals surface area contributed by atoms with Crippen LogP contribution in [0, 0.1) is 11.8 Å². The molecule has 110 valence electrons. The zero-order valence-corrected chi connectivity index (χ0v) is 12.8. The Morgan fingerprint density at radius 2 is 1.95 bits per heavy atom. The lowest BCUT2D eigenvalue weighted by Gasteiger charge is -2.42. The predicted molar refractivity (Wildman–Crippen MR) is 82.2 cm³/mol. The average molecular weight is 274 g/mol. The van der Waals surface area contributed by atoms with Gasteiger partial charge in [0.1, 0.15) is 0 Å². The van der Waals surface area contributed by atoms with Crippen molar-refractivity contribution >= 4 is 5.91 Å². The van der Waals surface area contributed by atoms with Gasteiger partial charge in [-0.05, 0) is 37.2 Å². The molecule has 2 rings (SSSR count). The van der Waals surface area contributed by atoms with Crippen LogP contribution in [-0.4, -0.2) is 29.4 Å². The maximum absolute atomic E-state index is 12.6. The maximum Gasteiger partial charge on any atom is 0.240 e. The first-order chi connectivity index (χ1) is 9.49. The Bertz CT molecular complexity index is 446. The van der Waals surface area contributed by atoms with E-state index in [4.69, 9.17) is 5.73 Å². The minimum absolute atomic E-state index is 0.0970. The summed E-state index contributed by atoms with van der Waals surface area (Å²) in [5.41, 5.74) is 7.27. The van der Waals surface area contributed by atoms with Crippen molar-refractivity contribution in [3.05, 3.63) is 35.9 Å². The largest absolute Gasteiger partial charge is 0.338 e. The van der Waals surface area contributed by atoms with Gasteiger partial charge in [-0.1, -0.05) is 44.2 Å². The second-order valence-electron chi connectivity index (χ2n) is 6.35. The van der Waals surface area contributed by atoms with Crippen molar-refractivity contribution in [3.8, 4) is 0 Å². The number of amides is 1. The number of carbonyl (C=O) groups excluding carboxylic acids is 1. The highest BCUT2D eigenvalue weighted by Crippen LogP contribution is 2.27. The van der Waals surface area contributed by atoms with Crippen LogP contribution in [-0.2, 0) is 11.2 Å². The van der Waals surface area contributed by atoms with E-state index in [1.807, 2.05) is 35.2 Å². The van der Waals surface area contributed by atoms with Crippen LogP contribution in [0.3, 0.4) is 0 Å². The average Bonchev–Trinajstić information content (AvgIpc) is 2.43. The van der Waals surface area contributed by atoms with Crippen LogP contribution in [0.15, 0.2) is 30.3 Å². The normalized spacial score (nSPS) is 28.2. The number of hydrogen-bond acceptors (Lipinski definition) is 2. The molecule has 3 nitrogen and oxygen atoms in total. The Balaban J connectivity index is 2.02. The fourth-order valence-electron chi connectivity index (χ4n) is 3.17. The van der Waals surface area contributed by atoms with E-state index in [1.54, 1.807) is 0 Å². The minimum atomic E-state index is -0.433. The van der Waals surface area contributed by atoms with Crippen molar-refractivity contribution in [1.29, 1.82) is 0 Å². The molecule has 3 heteroatoms. The summed E-state index contributed by atoms with van der Waals surface area (Å²) in [5.74, 6) is 1.21. The van der Waals surface area contributed by atoms with Gasteiger partial charge in [-0.15, -0.1) is 0 Å². The number of benzene rings is 1. The summed E-state index contributed by atoms with van der Waals surface area (Å²) >= 11 is 0. The molecule has 1 aromatic rings. The Kier molecular flexibility index (Phi) is 4.81. The molecular formula is C17H26N2O. The highest BCUT2D eigenvalue weighted by atomic mass is 16.2. The zero-order valence-electron chi connectivity index (χ0n) is 12.8. The molecule has 4 atom stereocenters. The van der Waals surface area contributed by atoms with Crippen LogP contribution in [0.5, 0.6) is 0 Å². The number of hydrogen-bond donors (Lipinski definition) is 1. The summed E-state index contributed by atoms with van der Waals surface area (Å²) in [7, 11) is 0. The highest BCUT2D eigenvalue weighted by molar-refractivity contribution is 5.82. The fraction of sp³-hybridized carbons (Fsp3) is 0.588. The van der Waals surface area contributed by atoms with E-state index in [-0.39, 0.29) is 5.91 Å². The van der Waals surface area contributed by atoms with Gasteiger partial charge in [0.25, 0.3) is 0 Å². The van der Waals surface area contributed by atoms with E-state index in [0.29, 0.717) is 24.3 Å². The Morgan fingerprint density at radius 3 is 2.60 bits per heavy atom. The molecule has 0 bridgehead atoms. The zero-order chi connectivity index (χ0) is 14.7. The van der Waals surface area contributed by atoms with Gasteiger partial charge in [-0.3, -0.25) is 4.79 Å². The summed E-state index contributed by atoms with van der Waals surface area (Å²) in [6, 6.07) is 9.86. The number of rotatable bonds is 3. The number of likely N-dealkylation sites (tertiary alicyclic amines) is 1. The Labute approximate surface area is 122 Å². The van der Waals surface area contributed by atoms with E-state index < -0.39 is 6.04 Å². The van der Waals surface area contributed by atoms with Crippen LogP contribution in [0.1, 0.15) is 32.8 Å². The van der Waals surface area contributed by atoms with Crippen LogP contribution in [0.2, 0.25) is 0 Å². The second-order valence-corrected chi connectivity index (χ2v) is 6.35. The summed E-state index contributed by atoms with van der Waals surface area (Å²) in [6.45, 7) is 7.42. The van der Waals surface area contributed by atoms with Crippen molar-refractivity contribution in [2.75, 3.05) is 6.54 Å². The van der Waals surface area contributed by atoms with E-state index in [2.05, 4.69) is 20.8 Å². The lowest BCUT2D eigenvalue weighted by Crippen LogP contribution is -2.54. The number of nitrogens with two attached hydrogens (primary N) is 1. The lowest BCUT2D eigenvalue weighted by molar-refractivity contribution is -0.138. The van der Waals surface area contributed by atoms with Gasteiger partial charge in [-0.25, -0.2) is 0 Å². The number of carbonyl (C=O) groups is 1. The van der Waals surface area contributed by atoms with E-state index in [9.17, 15) is 4.79 Å². The standard InChI is InChI=1S/C17H26N2O/c1-12-9-13(2)14(3)19(11-12)17(20)16(18)10-15-7-5-4-6-8-15/h4-8,12-14,16H,9-11,18H2,1-3H3/t12?,13?,14?,16-/m1/s1. The third kappa shape index (κ3) is 3.40. The number of nitrogens with zero attached hydrogens (tertiary/aromatic N) is 1. The molecule has 1 aromatic carbocycles. The van der Waals surface area contributed by atoms with Crippen molar-refractivity contribution in [2.45, 2.75) is 45.7 Å². The molecule has 1 amide bonds. The van der Waals surface area contributed by atoms with Crippen molar-refractivity contribution in [1.82, 2.24) is 4.90 Å². The Hall–Kier alpha value is -1.35. The third-order valence-electron chi connectivity index (χ3n) is 4.50. The summed E-state index contributed by atoms with van der Waals surface area (Å²) in [6.07, 6.45) is 1.81. The smallest absolute Gasteiger partial charge is 0.240 e. The van der Waals surface area contributed by atoms with Crippen LogP contribution in [0.4, 0.5) is 0 Å². The molecule has 20 heavy (non-hydrogen) atoms. The van der Waals surface area contributed by atoms with Crippen molar-refractivity contribution in [2.24, 2.45) is 17.6 Å². The minimum Gasteiger partial charge on any atom is -0.338 e. The molecule has 0 spiro atoms. The molecule has 1 fully saturated rings. The molecule has 0 saturated carbocycles. The van der Waals surface area contributed by atoms with Crippen LogP contribution in [0.25, 0.3) is 0 Å². The van der Waals surface area contributed by atoms with Gasteiger partial charge in [0, 0.05) is 12.6 Å². The van der Waals surface area contributed by atoms with E-state index in [1.165, 1.54) is 6.42 Å². The quantitative estimate of drug-likeness (QED) is 0.920. The van der Waals surface area contributed by atoms with E-state index >= 15 is 0 Å². The molecule has 0 radical (unpaired) electrons. The molecule has 1 aliphatic rings. The Morgan fingerprint density at radius 1 is 1.30 bits per heavy atom. The van der Waals surface area contributed by atoms with Gasteiger partial charge < -0.3 is 10.6 Å². The molecule has 0 aromatic heterocycles. The molecule has 1 heterocycles. The molecule has 2 N–H and O–H groups in total. The van der Waals surface area contributed by atoms with Gasteiger partial charge in [0.2, 0.25) is 5.91 Å². The maximum atomic E-state index is 12.6. The molecule has 0 aliphatic carbocycles. The summed E-state index contributed by atoms with van der Waals surface area (Å²) < 4.78 is 0. The monoisotopic (exact) mass is 274 g/mol. The first kappa shape index (κ1) is 15.0. The van der Waals surface area contributed by atoms with Gasteiger partial charge in [-0.2, -0.15) is 0 Å². The lowest BCUT2D eigenvalue weighted by atomic mass is 9.85. The van der Waals surface area contributed by atoms with Gasteiger partial charge >= 0.3 is 0 Å². The topological polar surface area (TPSA) is 46.3 Å². The van der Waals surface area contributed by atoms with Crippen LogP contribution >= 0.6 is 0 Å². The first-order valence-electron chi connectivity index (χ1n) is 7.59. The van der Waals surface area contributed by atoms with Crippen molar-refractivity contribution in [3.63, 3.8) is 0 Å². The first-order valence-corrected chi connectivity index (χ1v) is 7.59. The molecule has 1 saturated heterocycles. The van der Waals surface area contributed by atoms with Gasteiger partial charge in [0.15, 0.2) is 0 Å². The molecular weight excluding hydrogens is 248 g/mol. The molecule has 3 unspecified atom stereocenters. The highest BCUT2D eigenvalue weighted by Gasteiger charge is 2.33. The number of piperidine rings is 1. The van der Waals surface area contributed by atoms with E-state index in [0.717, 1.165) is 12.1 Å². The third-order valence-corrected chi connectivity index (χ3v) is 4.50. The predicted octanol–water partition coefficient (Wildman–Crippen LogP) is 2.45. The van der Waals surface area contributed by atoms with Crippen LogP contribution < -0.4 is 5.73 Å². The summed E-state index contributed by atoms with van der Waals surface area (Å²) in [5, 5.41) is 0. The SMILES string of the molecule is CC1CC(C)C(C)N(C(=O)[C@H](N)Cc2ccccc2)C1. The van der Waals surface area contributed by atoms with Crippen molar-refractivity contribution < 1.29 is 4.79 Å². The fourth-order valence-corrected chi connectivity index (χ4v) is 3.17. The van der Waals surface area contributed by atoms with Gasteiger partial charge in [0.05, 0.1) is 6.04 Å².